The van der Waals surface area contributed by atoms with Gasteiger partial charge in [0.1, 0.15) is 6.61 Å². The number of rotatable bonds is 7. The standard InChI is InChI=1S/C8H17NO2S/c1-2-3-5-12-6-4-11-8(10)7-9/h2-7,9H2,1H3. The van der Waals surface area contributed by atoms with Gasteiger partial charge in [-0.3, -0.25) is 4.79 Å². The number of unbranched alkanes of at least 4 members (excludes halogenated alkanes) is 1. The third kappa shape index (κ3) is 7.88. The number of carbonyl (C=O) groups excluding carboxylic acids is 1. The molecule has 12 heavy (non-hydrogen) atoms. The summed E-state index contributed by atoms with van der Waals surface area (Å²) in [5, 5.41) is 0. The SMILES string of the molecule is CCCCSCCOC(=O)CN. The predicted octanol–water partition coefficient (Wildman–Crippen LogP) is 1.02. The molecule has 0 fully saturated rings. The summed E-state index contributed by atoms with van der Waals surface area (Å²) in [5.74, 6) is 1.72. The maximum Gasteiger partial charge on any atom is 0.319 e. The van der Waals surface area contributed by atoms with Crippen molar-refractivity contribution in [2.24, 2.45) is 5.73 Å². The van der Waals surface area contributed by atoms with Crippen LogP contribution in [0.25, 0.3) is 0 Å². The maximum absolute atomic E-state index is 10.5. The minimum Gasteiger partial charge on any atom is -0.464 e. The highest BCUT2D eigenvalue weighted by atomic mass is 32.2. The third-order valence-electron chi connectivity index (χ3n) is 1.30. The quantitative estimate of drug-likeness (QED) is 0.482. The van der Waals surface area contributed by atoms with Crippen molar-refractivity contribution in [3.05, 3.63) is 0 Å². The van der Waals surface area contributed by atoms with Gasteiger partial charge in [0.25, 0.3) is 0 Å². The number of nitrogens with two attached hydrogens (primary N) is 1. The molecule has 0 spiro atoms. The molecule has 0 saturated carbocycles. The van der Waals surface area contributed by atoms with Crippen LogP contribution in [0, 0.1) is 0 Å². The molecule has 3 nitrogen and oxygen atoms in total. The number of thioether (sulfide) groups is 1. The van der Waals surface area contributed by atoms with Gasteiger partial charge < -0.3 is 10.5 Å². The van der Waals surface area contributed by atoms with E-state index in [1.165, 1.54) is 12.8 Å². The molecule has 4 heteroatoms. The van der Waals surface area contributed by atoms with Gasteiger partial charge in [-0.25, -0.2) is 0 Å². The van der Waals surface area contributed by atoms with Crippen LogP contribution in [-0.4, -0.2) is 30.6 Å². The molecule has 2 N–H and O–H groups in total. The summed E-state index contributed by atoms with van der Waals surface area (Å²) < 4.78 is 4.79. The lowest BCUT2D eigenvalue weighted by Gasteiger charge is -2.02. The fourth-order valence-electron chi connectivity index (χ4n) is 0.622. The molecule has 72 valence electrons. The van der Waals surface area contributed by atoms with Crippen molar-refractivity contribution in [1.82, 2.24) is 0 Å². The largest absolute Gasteiger partial charge is 0.464 e. The monoisotopic (exact) mass is 191 g/mol. The number of hydrogen-bond acceptors (Lipinski definition) is 4. The first-order valence-electron chi connectivity index (χ1n) is 4.24. The van der Waals surface area contributed by atoms with Crippen molar-refractivity contribution in [3.63, 3.8) is 0 Å². The van der Waals surface area contributed by atoms with Crippen molar-refractivity contribution < 1.29 is 9.53 Å². The maximum atomic E-state index is 10.5. The number of esters is 1. The highest BCUT2D eigenvalue weighted by molar-refractivity contribution is 7.99. The van der Waals surface area contributed by atoms with Crippen LogP contribution in [-0.2, 0) is 9.53 Å². The van der Waals surface area contributed by atoms with E-state index in [2.05, 4.69) is 6.92 Å². The van der Waals surface area contributed by atoms with E-state index < -0.39 is 0 Å². The van der Waals surface area contributed by atoms with Gasteiger partial charge in [-0.1, -0.05) is 13.3 Å². The van der Waals surface area contributed by atoms with E-state index in [1.807, 2.05) is 11.8 Å². The van der Waals surface area contributed by atoms with E-state index in [0.29, 0.717) is 6.61 Å². The zero-order valence-corrected chi connectivity index (χ0v) is 8.36. The average molecular weight is 191 g/mol. The van der Waals surface area contributed by atoms with Crippen LogP contribution >= 0.6 is 11.8 Å². The molecule has 0 heterocycles. The lowest BCUT2D eigenvalue weighted by atomic mass is 10.4. The van der Waals surface area contributed by atoms with Gasteiger partial charge in [0.2, 0.25) is 0 Å². The summed E-state index contributed by atoms with van der Waals surface area (Å²) in [4.78, 5) is 10.5. The van der Waals surface area contributed by atoms with Gasteiger partial charge in [0.15, 0.2) is 0 Å². The molecule has 0 rings (SSSR count). The topological polar surface area (TPSA) is 52.3 Å². The fourth-order valence-corrected chi connectivity index (χ4v) is 1.52. The van der Waals surface area contributed by atoms with E-state index in [4.69, 9.17) is 10.5 Å². The summed E-state index contributed by atoms with van der Waals surface area (Å²) in [7, 11) is 0. The van der Waals surface area contributed by atoms with Gasteiger partial charge >= 0.3 is 5.97 Å². The molecule has 0 radical (unpaired) electrons. The Morgan fingerprint density at radius 2 is 2.25 bits per heavy atom. The second kappa shape index (κ2) is 8.87. The Kier molecular flexibility index (Phi) is 8.71. The number of ether oxygens (including phenoxy) is 1. The van der Waals surface area contributed by atoms with E-state index in [-0.39, 0.29) is 12.5 Å². The molecule has 0 saturated heterocycles. The van der Waals surface area contributed by atoms with Crippen LogP contribution in [0.5, 0.6) is 0 Å². The van der Waals surface area contributed by atoms with Gasteiger partial charge in [-0.15, -0.1) is 0 Å². The highest BCUT2D eigenvalue weighted by Gasteiger charge is 1.96. The first-order valence-corrected chi connectivity index (χ1v) is 5.40. The molecule has 0 atom stereocenters. The molecule has 0 aromatic carbocycles. The Morgan fingerprint density at radius 1 is 1.50 bits per heavy atom. The molecule has 0 aliphatic rings. The van der Waals surface area contributed by atoms with Gasteiger partial charge in [-0.05, 0) is 12.2 Å². The lowest BCUT2D eigenvalue weighted by molar-refractivity contribution is -0.141. The van der Waals surface area contributed by atoms with Crippen LogP contribution < -0.4 is 5.73 Å². The summed E-state index contributed by atoms with van der Waals surface area (Å²) >= 11 is 1.81. The Hall–Kier alpha value is -0.220. The van der Waals surface area contributed by atoms with Crippen molar-refractivity contribution in [2.75, 3.05) is 24.7 Å². The Bertz CT molecular complexity index is 120. The molecular formula is C8H17NO2S. The number of carbonyl (C=O) groups is 1. The number of hydrogen-bond donors (Lipinski definition) is 1. The predicted molar refractivity (Wildman–Crippen MR) is 52.2 cm³/mol. The Labute approximate surface area is 78.0 Å². The summed E-state index contributed by atoms with van der Waals surface area (Å²) in [6.07, 6.45) is 2.45. The molecule has 0 aromatic heterocycles. The summed E-state index contributed by atoms with van der Waals surface area (Å²) in [6, 6.07) is 0. The molecule has 0 unspecified atom stereocenters. The normalized spacial score (nSPS) is 9.83. The van der Waals surface area contributed by atoms with Crippen LogP contribution in [0.2, 0.25) is 0 Å². The summed E-state index contributed by atoms with van der Waals surface area (Å²) in [5.41, 5.74) is 5.05. The first-order chi connectivity index (χ1) is 5.81. The molecule has 0 aliphatic carbocycles. The van der Waals surface area contributed by atoms with Gasteiger partial charge in [0, 0.05) is 5.75 Å². The van der Waals surface area contributed by atoms with Gasteiger partial charge in [-0.2, -0.15) is 11.8 Å². The smallest absolute Gasteiger partial charge is 0.319 e. The van der Waals surface area contributed by atoms with Crippen molar-refractivity contribution in [1.29, 1.82) is 0 Å². The first kappa shape index (κ1) is 11.8. The molecule has 0 aromatic rings. The van der Waals surface area contributed by atoms with Crippen LogP contribution in [0.3, 0.4) is 0 Å². The summed E-state index contributed by atoms with van der Waals surface area (Å²) in [6.45, 7) is 2.64. The fraction of sp³-hybridized carbons (Fsp3) is 0.875. The molecule has 0 aliphatic heterocycles. The Morgan fingerprint density at radius 3 is 2.83 bits per heavy atom. The molecule has 0 amide bonds. The second-order valence-electron chi connectivity index (χ2n) is 2.39. The van der Waals surface area contributed by atoms with Crippen molar-refractivity contribution in [3.8, 4) is 0 Å². The van der Waals surface area contributed by atoms with E-state index in [9.17, 15) is 4.79 Å². The second-order valence-corrected chi connectivity index (χ2v) is 3.62. The minimum absolute atomic E-state index is 0.0143. The zero-order valence-electron chi connectivity index (χ0n) is 7.54. The third-order valence-corrected chi connectivity index (χ3v) is 2.33. The molecule has 0 bridgehead atoms. The van der Waals surface area contributed by atoms with Crippen molar-refractivity contribution in [2.45, 2.75) is 19.8 Å². The average Bonchev–Trinajstić information content (AvgIpc) is 2.10. The van der Waals surface area contributed by atoms with Crippen LogP contribution in [0.15, 0.2) is 0 Å². The Balaban J connectivity index is 2.95. The van der Waals surface area contributed by atoms with Crippen molar-refractivity contribution >= 4 is 17.7 Å². The minimum atomic E-state index is -0.314. The van der Waals surface area contributed by atoms with Crippen LogP contribution in [0.4, 0.5) is 0 Å². The van der Waals surface area contributed by atoms with Gasteiger partial charge in [0.05, 0.1) is 6.54 Å². The van der Waals surface area contributed by atoms with E-state index >= 15 is 0 Å². The molecular weight excluding hydrogens is 174 g/mol. The van der Waals surface area contributed by atoms with Crippen LogP contribution in [0.1, 0.15) is 19.8 Å². The zero-order chi connectivity index (χ0) is 9.23. The van der Waals surface area contributed by atoms with E-state index in [1.54, 1.807) is 0 Å². The highest BCUT2D eigenvalue weighted by Crippen LogP contribution is 2.03. The lowest BCUT2D eigenvalue weighted by Crippen LogP contribution is -2.17. The van der Waals surface area contributed by atoms with E-state index in [0.717, 1.165) is 11.5 Å².